The third-order valence-electron chi connectivity index (χ3n) is 4.29. The second kappa shape index (κ2) is 6.93. The maximum Gasteiger partial charge on any atom is 0.229 e. The van der Waals surface area contributed by atoms with E-state index in [2.05, 4.69) is 5.32 Å². The summed E-state index contributed by atoms with van der Waals surface area (Å²) < 4.78 is 13.0. The van der Waals surface area contributed by atoms with Gasteiger partial charge in [-0.3, -0.25) is 9.59 Å². The molecule has 1 heterocycles. The highest BCUT2D eigenvalue weighted by atomic mass is 19.1. The van der Waals surface area contributed by atoms with Crippen molar-refractivity contribution in [1.82, 2.24) is 0 Å². The van der Waals surface area contributed by atoms with E-state index in [-0.39, 0.29) is 24.1 Å². The molecule has 0 spiro atoms. The molecule has 0 bridgehead atoms. The quantitative estimate of drug-likeness (QED) is 0.930. The zero-order valence-corrected chi connectivity index (χ0v) is 14.2. The van der Waals surface area contributed by atoms with E-state index in [0.717, 1.165) is 5.69 Å². The Morgan fingerprint density at radius 3 is 2.36 bits per heavy atom. The van der Waals surface area contributed by atoms with Gasteiger partial charge in [0.05, 0.1) is 5.92 Å². The van der Waals surface area contributed by atoms with Crippen molar-refractivity contribution >= 4 is 28.9 Å². The maximum atomic E-state index is 13.0. The van der Waals surface area contributed by atoms with Crippen LogP contribution in [0.15, 0.2) is 48.5 Å². The number of nitrogens with zero attached hydrogens (tertiary/aromatic N) is 2. The molecule has 2 aromatic rings. The molecule has 5 nitrogen and oxygen atoms in total. The van der Waals surface area contributed by atoms with Gasteiger partial charge < -0.3 is 15.1 Å². The molecule has 0 saturated carbocycles. The third-order valence-corrected chi connectivity index (χ3v) is 4.29. The first-order valence-corrected chi connectivity index (χ1v) is 8.08. The van der Waals surface area contributed by atoms with Crippen LogP contribution in [-0.2, 0) is 9.59 Å². The number of hydrogen-bond donors (Lipinski definition) is 1. The molecule has 1 aliphatic heterocycles. The lowest BCUT2D eigenvalue weighted by Crippen LogP contribution is -2.28. The number of benzene rings is 2. The van der Waals surface area contributed by atoms with E-state index >= 15 is 0 Å². The van der Waals surface area contributed by atoms with E-state index in [1.54, 1.807) is 12.1 Å². The Morgan fingerprint density at radius 2 is 1.76 bits per heavy atom. The van der Waals surface area contributed by atoms with E-state index in [1.807, 2.05) is 43.3 Å². The van der Waals surface area contributed by atoms with Crippen LogP contribution in [0.1, 0.15) is 6.42 Å². The highest BCUT2D eigenvalue weighted by Gasteiger charge is 2.35. The van der Waals surface area contributed by atoms with Gasteiger partial charge in [0.1, 0.15) is 5.82 Å². The number of nitrogens with one attached hydrogen (secondary N) is 1. The van der Waals surface area contributed by atoms with Gasteiger partial charge >= 0.3 is 0 Å². The van der Waals surface area contributed by atoms with E-state index in [1.165, 1.54) is 17.0 Å². The van der Waals surface area contributed by atoms with E-state index < -0.39 is 5.92 Å². The first kappa shape index (κ1) is 17.0. The molecule has 25 heavy (non-hydrogen) atoms. The van der Waals surface area contributed by atoms with Crippen LogP contribution in [-0.4, -0.2) is 32.5 Å². The molecular formula is C19H20FN3O2. The second-order valence-electron chi connectivity index (χ2n) is 6.31. The van der Waals surface area contributed by atoms with Crippen molar-refractivity contribution in [1.29, 1.82) is 0 Å². The molecule has 1 saturated heterocycles. The normalized spacial score (nSPS) is 16.8. The average Bonchev–Trinajstić information content (AvgIpc) is 2.98. The number of carbonyl (C=O) groups is 2. The lowest BCUT2D eigenvalue weighted by Gasteiger charge is -2.17. The molecular weight excluding hydrogens is 321 g/mol. The van der Waals surface area contributed by atoms with Crippen molar-refractivity contribution in [2.24, 2.45) is 5.92 Å². The van der Waals surface area contributed by atoms with Gasteiger partial charge in [-0.25, -0.2) is 4.39 Å². The van der Waals surface area contributed by atoms with Crippen molar-refractivity contribution in [2.75, 3.05) is 35.8 Å². The number of rotatable bonds is 4. The summed E-state index contributed by atoms with van der Waals surface area (Å²) in [5.74, 6) is -1.10. The number of carbonyl (C=O) groups excluding carboxylic acids is 2. The first-order chi connectivity index (χ1) is 11.9. The minimum Gasteiger partial charge on any atom is -0.378 e. The molecule has 2 aromatic carbocycles. The van der Waals surface area contributed by atoms with Crippen LogP contribution >= 0.6 is 0 Å². The summed E-state index contributed by atoms with van der Waals surface area (Å²) in [6.07, 6.45) is 0.152. The van der Waals surface area contributed by atoms with Crippen molar-refractivity contribution in [3.8, 4) is 0 Å². The fourth-order valence-electron chi connectivity index (χ4n) is 2.84. The number of amides is 2. The van der Waals surface area contributed by atoms with Crippen LogP contribution < -0.4 is 15.1 Å². The van der Waals surface area contributed by atoms with Gasteiger partial charge in [-0.15, -0.1) is 0 Å². The van der Waals surface area contributed by atoms with Gasteiger partial charge in [0.15, 0.2) is 0 Å². The van der Waals surface area contributed by atoms with Gasteiger partial charge in [0.25, 0.3) is 0 Å². The van der Waals surface area contributed by atoms with E-state index in [0.29, 0.717) is 17.9 Å². The zero-order chi connectivity index (χ0) is 18.0. The predicted octanol–water partition coefficient (Wildman–Crippen LogP) is 2.88. The molecule has 0 aliphatic carbocycles. The molecule has 1 atom stereocenters. The summed E-state index contributed by atoms with van der Waals surface area (Å²) >= 11 is 0. The summed E-state index contributed by atoms with van der Waals surface area (Å²) in [4.78, 5) is 28.1. The molecule has 1 aliphatic rings. The number of halogens is 1. The Labute approximate surface area is 146 Å². The topological polar surface area (TPSA) is 52.7 Å². The van der Waals surface area contributed by atoms with Gasteiger partial charge in [-0.05, 0) is 48.5 Å². The summed E-state index contributed by atoms with van der Waals surface area (Å²) in [5.41, 5.74) is 2.34. The molecule has 2 amide bonds. The maximum absolute atomic E-state index is 13.0. The van der Waals surface area contributed by atoms with Gasteiger partial charge in [-0.1, -0.05) is 0 Å². The monoisotopic (exact) mass is 341 g/mol. The molecule has 1 fully saturated rings. The SMILES string of the molecule is CN(C)c1ccc(NC(=O)C2CC(=O)N(c3ccc(F)cc3)C2)cc1. The van der Waals surface area contributed by atoms with Crippen LogP contribution in [0.5, 0.6) is 0 Å². The lowest BCUT2D eigenvalue weighted by molar-refractivity contribution is -0.122. The van der Waals surface area contributed by atoms with Crippen LogP contribution in [0.2, 0.25) is 0 Å². The highest BCUT2D eigenvalue weighted by molar-refractivity contribution is 6.03. The van der Waals surface area contributed by atoms with Gasteiger partial charge in [-0.2, -0.15) is 0 Å². The van der Waals surface area contributed by atoms with Gasteiger partial charge in [0.2, 0.25) is 11.8 Å². The van der Waals surface area contributed by atoms with Gasteiger partial charge in [0, 0.05) is 44.1 Å². The van der Waals surface area contributed by atoms with Crippen molar-refractivity contribution in [3.05, 3.63) is 54.3 Å². The Bertz CT molecular complexity index is 772. The molecule has 130 valence electrons. The van der Waals surface area contributed by atoms with Crippen molar-refractivity contribution < 1.29 is 14.0 Å². The molecule has 1 unspecified atom stereocenters. The Balaban J connectivity index is 1.65. The van der Waals surface area contributed by atoms with Crippen LogP contribution in [0.4, 0.5) is 21.5 Å². The molecule has 0 radical (unpaired) electrons. The molecule has 6 heteroatoms. The Kier molecular flexibility index (Phi) is 4.70. The summed E-state index contributed by atoms with van der Waals surface area (Å²) in [7, 11) is 3.89. The fraction of sp³-hybridized carbons (Fsp3) is 0.263. The second-order valence-corrected chi connectivity index (χ2v) is 6.31. The van der Waals surface area contributed by atoms with Crippen LogP contribution in [0.25, 0.3) is 0 Å². The largest absolute Gasteiger partial charge is 0.378 e. The average molecular weight is 341 g/mol. The Morgan fingerprint density at radius 1 is 1.12 bits per heavy atom. The molecule has 3 rings (SSSR count). The number of hydrogen-bond acceptors (Lipinski definition) is 3. The fourth-order valence-corrected chi connectivity index (χ4v) is 2.84. The van der Waals surface area contributed by atoms with Crippen molar-refractivity contribution in [3.63, 3.8) is 0 Å². The predicted molar refractivity (Wildman–Crippen MR) is 96.3 cm³/mol. The van der Waals surface area contributed by atoms with E-state index in [4.69, 9.17) is 0 Å². The minimum atomic E-state index is -0.425. The number of anilines is 3. The molecule has 1 N–H and O–H groups in total. The zero-order valence-electron chi connectivity index (χ0n) is 14.2. The highest BCUT2D eigenvalue weighted by Crippen LogP contribution is 2.26. The lowest BCUT2D eigenvalue weighted by atomic mass is 10.1. The smallest absolute Gasteiger partial charge is 0.229 e. The third kappa shape index (κ3) is 3.79. The molecule has 0 aromatic heterocycles. The van der Waals surface area contributed by atoms with Crippen LogP contribution in [0, 0.1) is 11.7 Å². The first-order valence-electron chi connectivity index (χ1n) is 8.08. The minimum absolute atomic E-state index is 0.130. The van der Waals surface area contributed by atoms with E-state index in [9.17, 15) is 14.0 Å². The summed E-state index contributed by atoms with van der Waals surface area (Å²) in [6.45, 7) is 0.298. The van der Waals surface area contributed by atoms with Crippen molar-refractivity contribution in [2.45, 2.75) is 6.42 Å². The summed E-state index contributed by atoms with van der Waals surface area (Å²) in [5, 5.41) is 2.86. The Hall–Kier alpha value is -2.89. The van der Waals surface area contributed by atoms with Crippen LogP contribution in [0.3, 0.4) is 0 Å². The summed E-state index contributed by atoms with van der Waals surface area (Å²) in [6, 6.07) is 13.2. The standard InChI is InChI=1S/C19H20FN3O2/c1-22(2)16-9-5-15(6-10-16)21-19(25)13-11-18(24)23(12-13)17-7-3-14(20)4-8-17/h3-10,13H,11-12H2,1-2H3,(H,21,25).